The van der Waals surface area contributed by atoms with E-state index in [-0.39, 0.29) is 17.8 Å². The molecule has 0 aliphatic rings. The monoisotopic (exact) mass is 260 g/mol. The Morgan fingerprint density at radius 1 is 1.26 bits per heavy atom. The van der Waals surface area contributed by atoms with Gasteiger partial charge < -0.3 is 10.7 Å². The highest BCUT2D eigenvalue weighted by Crippen LogP contribution is 2.18. The molecule has 0 spiro atoms. The van der Waals surface area contributed by atoms with E-state index in [4.69, 9.17) is 5.84 Å². The van der Waals surface area contributed by atoms with E-state index >= 15 is 0 Å². The van der Waals surface area contributed by atoms with Crippen molar-refractivity contribution in [2.45, 2.75) is 6.54 Å². The van der Waals surface area contributed by atoms with Gasteiger partial charge in [-0.05, 0) is 24.3 Å². The molecule has 6 heteroatoms. The van der Waals surface area contributed by atoms with Crippen molar-refractivity contribution < 1.29 is 9.18 Å². The van der Waals surface area contributed by atoms with E-state index in [0.717, 1.165) is 5.69 Å². The molecular weight excluding hydrogens is 247 g/mol. The van der Waals surface area contributed by atoms with E-state index in [1.807, 2.05) is 6.07 Å². The van der Waals surface area contributed by atoms with Crippen molar-refractivity contribution in [1.29, 1.82) is 0 Å². The molecule has 0 saturated heterocycles. The number of amides is 1. The fraction of sp³-hybridized carbons (Fsp3) is 0.0769. The lowest BCUT2D eigenvalue weighted by Gasteiger charge is -2.10. The molecule has 98 valence electrons. The van der Waals surface area contributed by atoms with Gasteiger partial charge in [0.2, 0.25) is 0 Å². The van der Waals surface area contributed by atoms with Crippen LogP contribution >= 0.6 is 0 Å². The van der Waals surface area contributed by atoms with Crippen molar-refractivity contribution in [2.75, 3.05) is 5.43 Å². The molecule has 0 fully saturated rings. The molecule has 0 unspecified atom stereocenters. The molecule has 2 aromatic rings. The lowest BCUT2D eigenvalue weighted by Crippen LogP contribution is -2.25. The number of anilines is 1. The summed E-state index contributed by atoms with van der Waals surface area (Å²) in [5.74, 6) is 4.22. The molecule has 1 aromatic carbocycles. The van der Waals surface area contributed by atoms with Crippen LogP contribution in [0.3, 0.4) is 0 Å². The Morgan fingerprint density at radius 3 is 2.79 bits per heavy atom. The van der Waals surface area contributed by atoms with E-state index in [0.29, 0.717) is 0 Å². The quantitative estimate of drug-likeness (QED) is 0.574. The standard InChI is InChI=1S/C13H13FN4O/c14-11-6-3-5-10(12(11)18-15)13(19)17-8-9-4-1-2-7-16-9/h1-7,18H,8,15H2,(H,17,19). The van der Waals surface area contributed by atoms with Crippen LogP contribution in [0, 0.1) is 5.82 Å². The van der Waals surface area contributed by atoms with Gasteiger partial charge in [0.15, 0.2) is 0 Å². The number of rotatable bonds is 4. The summed E-state index contributed by atoms with van der Waals surface area (Å²) in [6.07, 6.45) is 1.64. The smallest absolute Gasteiger partial charge is 0.253 e. The molecule has 1 aromatic heterocycles. The summed E-state index contributed by atoms with van der Waals surface area (Å²) >= 11 is 0. The second-order valence-electron chi connectivity index (χ2n) is 3.81. The van der Waals surface area contributed by atoms with Crippen molar-refractivity contribution in [3.8, 4) is 0 Å². The number of hydrazine groups is 1. The lowest BCUT2D eigenvalue weighted by atomic mass is 10.1. The van der Waals surface area contributed by atoms with Crippen LogP contribution in [0.4, 0.5) is 10.1 Å². The Kier molecular flexibility index (Phi) is 4.04. The van der Waals surface area contributed by atoms with Crippen molar-refractivity contribution in [1.82, 2.24) is 10.3 Å². The first-order chi connectivity index (χ1) is 9.22. The molecule has 0 aliphatic carbocycles. The third-order valence-electron chi connectivity index (χ3n) is 2.56. The van der Waals surface area contributed by atoms with Crippen LogP contribution in [0.5, 0.6) is 0 Å². The van der Waals surface area contributed by atoms with Crippen LogP contribution in [-0.4, -0.2) is 10.9 Å². The Hall–Kier alpha value is -2.47. The molecule has 2 rings (SSSR count). The number of benzene rings is 1. The highest BCUT2D eigenvalue weighted by Gasteiger charge is 2.13. The zero-order chi connectivity index (χ0) is 13.7. The second kappa shape index (κ2) is 5.92. The van der Waals surface area contributed by atoms with Gasteiger partial charge >= 0.3 is 0 Å². The maximum absolute atomic E-state index is 13.4. The van der Waals surface area contributed by atoms with Crippen LogP contribution in [0.25, 0.3) is 0 Å². The van der Waals surface area contributed by atoms with Gasteiger partial charge in [-0.3, -0.25) is 15.6 Å². The maximum atomic E-state index is 13.4. The fourth-order valence-corrected chi connectivity index (χ4v) is 1.63. The van der Waals surface area contributed by atoms with Crippen LogP contribution in [0.15, 0.2) is 42.6 Å². The average Bonchev–Trinajstić information content (AvgIpc) is 2.45. The van der Waals surface area contributed by atoms with Crippen LogP contribution < -0.4 is 16.6 Å². The van der Waals surface area contributed by atoms with Crippen molar-refractivity contribution in [2.24, 2.45) is 5.84 Å². The highest BCUT2D eigenvalue weighted by atomic mass is 19.1. The molecule has 4 N–H and O–H groups in total. The largest absolute Gasteiger partial charge is 0.346 e. The van der Waals surface area contributed by atoms with Gasteiger partial charge in [-0.25, -0.2) is 4.39 Å². The Labute approximate surface area is 109 Å². The summed E-state index contributed by atoms with van der Waals surface area (Å²) in [6.45, 7) is 0.264. The lowest BCUT2D eigenvalue weighted by molar-refractivity contribution is 0.0951. The first-order valence-corrected chi connectivity index (χ1v) is 5.65. The van der Waals surface area contributed by atoms with Crippen LogP contribution in [-0.2, 0) is 6.54 Å². The number of carbonyl (C=O) groups is 1. The normalized spacial score (nSPS) is 10.0. The van der Waals surface area contributed by atoms with E-state index < -0.39 is 11.7 Å². The zero-order valence-electron chi connectivity index (χ0n) is 10.1. The molecule has 0 radical (unpaired) electrons. The van der Waals surface area contributed by atoms with Gasteiger partial charge in [-0.1, -0.05) is 12.1 Å². The molecule has 0 aliphatic heterocycles. The summed E-state index contributed by atoms with van der Waals surface area (Å²) in [6, 6.07) is 9.56. The minimum atomic E-state index is -0.576. The number of hydrogen-bond acceptors (Lipinski definition) is 4. The number of nitrogens with two attached hydrogens (primary N) is 1. The van der Waals surface area contributed by atoms with Crippen molar-refractivity contribution >= 4 is 11.6 Å². The minimum absolute atomic E-state index is 0.0268. The Morgan fingerprint density at radius 2 is 2.11 bits per heavy atom. The minimum Gasteiger partial charge on any atom is -0.346 e. The summed E-state index contributed by atoms with van der Waals surface area (Å²) < 4.78 is 13.4. The summed E-state index contributed by atoms with van der Waals surface area (Å²) in [4.78, 5) is 16.0. The first-order valence-electron chi connectivity index (χ1n) is 5.65. The van der Waals surface area contributed by atoms with Gasteiger partial charge in [0, 0.05) is 6.20 Å². The molecule has 0 atom stereocenters. The maximum Gasteiger partial charge on any atom is 0.253 e. The molecule has 5 nitrogen and oxygen atoms in total. The number of carbonyl (C=O) groups excluding carboxylic acids is 1. The Balaban J connectivity index is 2.10. The van der Waals surface area contributed by atoms with Crippen molar-refractivity contribution in [3.63, 3.8) is 0 Å². The molecule has 0 saturated carbocycles. The number of nitrogens with zero attached hydrogens (tertiary/aromatic N) is 1. The number of pyridine rings is 1. The van der Waals surface area contributed by atoms with Gasteiger partial charge in [0.05, 0.1) is 23.5 Å². The number of para-hydroxylation sites is 1. The number of aromatic nitrogens is 1. The molecule has 1 amide bonds. The number of nitrogens with one attached hydrogen (secondary N) is 2. The first kappa shape index (κ1) is 13.0. The second-order valence-corrected chi connectivity index (χ2v) is 3.81. The number of halogens is 1. The van der Waals surface area contributed by atoms with Crippen molar-refractivity contribution in [3.05, 3.63) is 59.7 Å². The summed E-state index contributed by atoms with van der Waals surface area (Å²) in [7, 11) is 0. The van der Waals surface area contributed by atoms with Gasteiger partial charge in [-0.2, -0.15) is 0 Å². The van der Waals surface area contributed by atoms with Crippen LogP contribution in [0.2, 0.25) is 0 Å². The van der Waals surface area contributed by atoms with Gasteiger partial charge in [-0.15, -0.1) is 0 Å². The molecule has 1 heterocycles. The van der Waals surface area contributed by atoms with Gasteiger partial charge in [0.1, 0.15) is 5.82 Å². The number of nitrogen functional groups attached to an aromatic ring is 1. The molecule has 19 heavy (non-hydrogen) atoms. The predicted molar refractivity (Wildman–Crippen MR) is 69.6 cm³/mol. The Bertz CT molecular complexity index is 574. The third-order valence-corrected chi connectivity index (χ3v) is 2.56. The average molecular weight is 260 g/mol. The topological polar surface area (TPSA) is 80.0 Å². The molecular formula is C13H13FN4O. The van der Waals surface area contributed by atoms with E-state index in [9.17, 15) is 9.18 Å². The zero-order valence-corrected chi connectivity index (χ0v) is 10.1. The van der Waals surface area contributed by atoms with E-state index in [1.54, 1.807) is 18.3 Å². The SMILES string of the molecule is NNc1c(F)cccc1C(=O)NCc1ccccn1. The van der Waals surface area contributed by atoms with Gasteiger partial charge in [0.25, 0.3) is 5.91 Å². The number of hydrogen-bond donors (Lipinski definition) is 3. The highest BCUT2D eigenvalue weighted by molar-refractivity contribution is 5.99. The van der Waals surface area contributed by atoms with E-state index in [2.05, 4.69) is 15.7 Å². The fourth-order valence-electron chi connectivity index (χ4n) is 1.63. The van der Waals surface area contributed by atoms with Crippen LogP contribution in [0.1, 0.15) is 16.1 Å². The third kappa shape index (κ3) is 3.05. The molecule has 0 bridgehead atoms. The summed E-state index contributed by atoms with van der Waals surface area (Å²) in [5, 5.41) is 2.65. The predicted octanol–water partition coefficient (Wildman–Crippen LogP) is 1.44. The van der Waals surface area contributed by atoms with E-state index in [1.165, 1.54) is 18.2 Å². The summed E-state index contributed by atoms with van der Waals surface area (Å²) in [5.41, 5.74) is 3.03.